The average Bonchev–Trinajstić information content (AvgIpc) is 3.06. The molecule has 0 spiro atoms. The van der Waals surface area contributed by atoms with Crippen LogP contribution in [0.2, 0.25) is 0 Å². The molecule has 0 amide bonds. The van der Waals surface area contributed by atoms with Crippen molar-refractivity contribution in [1.82, 2.24) is 15.2 Å². The van der Waals surface area contributed by atoms with Crippen molar-refractivity contribution in [1.29, 1.82) is 0 Å². The number of hydrogen-bond donors (Lipinski definition) is 1. The van der Waals surface area contributed by atoms with Crippen LogP contribution in [0.4, 0.5) is 0 Å². The largest absolute Gasteiger partial charge is 0.262 e. The molecular weight excluding hydrogens is 298 g/mol. The van der Waals surface area contributed by atoms with E-state index in [2.05, 4.69) is 64.7 Å². The predicted octanol–water partition coefficient (Wildman–Crippen LogP) is 4.37. The fourth-order valence-electron chi connectivity index (χ4n) is 2.12. The molecular formula is C16H17N3S2. The highest BCUT2D eigenvalue weighted by atomic mass is 32.2. The maximum absolute atomic E-state index is 4.57. The summed E-state index contributed by atoms with van der Waals surface area (Å²) in [6.45, 7) is 4.25. The smallest absolute Gasteiger partial charge is 0.208 e. The molecule has 1 aromatic carbocycles. The third kappa shape index (κ3) is 3.74. The van der Waals surface area contributed by atoms with E-state index in [1.807, 2.05) is 0 Å². The number of aryl methyl sites for hydroxylation is 2. The van der Waals surface area contributed by atoms with Crippen LogP contribution in [0.3, 0.4) is 0 Å². The van der Waals surface area contributed by atoms with Crippen LogP contribution in [0, 0.1) is 13.8 Å². The highest BCUT2D eigenvalue weighted by Crippen LogP contribution is 2.25. The molecule has 5 heteroatoms. The first kappa shape index (κ1) is 14.4. The van der Waals surface area contributed by atoms with Crippen molar-refractivity contribution in [3.8, 4) is 0 Å². The molecule has 21 heavy (non-hydrogen) atoms. The lowest BCUT2D eigenvalue weighted by atomic mass is 10.1. The molecule has 0 saturated carbocycles. The summed E-state index contributed by atoms with van der Waals surface area (Å²) >= 11 is 3.48. The normalized spacial score (nSPS) is 11.0. The molecule has 0 aliphatic heterocycles. The van der Waals surface area contributed by atoms with E-state index < -0.39 is 0 Å². The molecule has 0 bridgehead atoms. The second-order valence-electron chi connectivity index (χ2n) is 5.05. The molecule has 0 aliphatic carbocycles. The first-order chi connectivity index (χ1) is 10.2. The Morgan fingerprint density at radius 3 is 2.90 bits per heavy atom. The van der Waals surface area contributed by atoms with Crippen LogP contribution in [0.1, 0.15) is 27.4 Å². The number of hydrogen-bond acceptors (Lipinski definition) is 4. The Hall–Kier alpha value is -1.59. The van der Waals surface area contributed by atoms with Crippen molar-refractivity contribution in [2.75, 3.05) is 0 Å². The van der Waals surface area contributed by atoms with Gasteiger partial charge in [-0.2, -0.15) is 0 Å². The second kappa shape index (κ2) is 6.45. The number of H-pyrrole nitrogens is 1. The van der Waals surface area contributed by atoms with E-state index in [0.717, 1.165) is 23.2 Å². The average molecular weight is 315 g/mol. The lowest BCUT2D eigenvalue weighted by Crippen LogP contribution is -1.91. The zero-order valence-corrected chi connectivity index (χ0v) is 13.7. The Morgan fingerprint density at radius 2 is 2.14 bits per heavy atom. The zero-order valence-electron chi connectivity index (χ0n) is 12.1. The standard InChI is InChI=1S/C16H17N3S2/c1-11-4-3-5-13(8-11)9-15-17-16(19-18-15)21-10-14-12(2)6-7-20-14/h3-8H,9-10H2,1-2H3,(H,17,18,19). The summed E-state index contributed by atoms with van der Waals surface area (Å²) in [4.78, 5) is 5.96. The SMILES string of the molecule is Cc1cccc(Cc2nc(SCc3sccc3C)n[nH]2)c1. The van der Waals surface area contributed by atoms with Gasteiger partial charge in [-0.25, -0.2) is 4.98 Å². The van der Waals surface area contributed by atoms with Crippen molar-refractivity contribution in [3.63, 3.8) is 0 Å². The van der Waals surface area contributed by atoms with Gasteiger partial charge < -0.3 is 0 Å². The van der Waals surface area contributed by atoms with Crippen LogP contribution < -0.4 is 0 Å². The number of nitrogens with zero attached hydrogens (tertiary/aromatic N) is 2. The topological polar surface area (TPSA) is 41.6 Å². The number of aromatic amines is 1. The molecule has 3 rings (SSSR count). The maximum atomic E-state index is 4.57. The minimum absolute atomic E-state index is 0.799. The molecule has 0 radical (unpaired) electrons. The molecule has 0 atom stereocenters. The summed E-state index contributed by atoms with van der Waals surface area (Å²) in [6, 6.07) is 10.6. The third-order valence-electron chi connectivity index (χ3n) is 3.27. The van der Waals surface area contributed by atoms with Gasteiger partial charge in [-0.05, 0) is 36.4 Å². The van der Waals surface area contributed by atoms with Gasteiger partial charge in [0.05, 0.1) is 0 Å². The Balaban J connectivity index is 1.62. The van der Waals surface area contributed by atoms with Crippen LogP contribution >= 0.6 is 23.1 Å². The van der Waals surface area contributed by atoms with E-state index in [4.69, 9.17) is 0 Å². The van der Waals surface area contributed by atoms with Crippen LogP contribution in [-0.4, -0.2) is 15.2 Å². The van der Waals surface area contributed by atoms with Gasteiger partial charge in [0.2, 0.25) is 5.16 Å². The van der Waals surface area contributed by atoms with Gasteiger partial charge in [0, 0.05) is 17.1 Å². The summed E-state index contributed by atoms with van der Waals surface area (Å²) in [7, 11) is 0. The molecule has 1 N–H and O–H groups in total. The van der Waals surface area contributed by atoms with Crippen molar-refractivity contribution < 1.29 is 0 Å². The minimum Gasteiger partial charge on any atom is -0.262 e. The summed E-state index contributed by atoms with van der Waals surface area (Å²) in [5, 5.41) is 10.3. The van der Waals surface area contributed by atoms with Gasteiger partial charge in [0.1, 0.15) is 5.82 Å². The van der Waals surface area contributed by atoms with Crippen LogP contribution in [0.5, 0.6) is 0 Å². The van der Waals surface area contributed by atoms with Gasteiger partial charge in [-0.3, -0.25) is 5.10 Å². The van der Waals surface area contributed by atoms with Crippen molar-refractivity contribution in [2.45, 2.75) is 31.2 Å². The van der Waals surface area contributed by atoms with Gasteiger partial charge >= 0.3 is 0 Å². The van der Waals surface area contributed by atoms with E-state index in [1.54, 1.807) is 23.1 Å². The highest BCUT2D eigenvalue weighted by Gasteiger charge is 2.07. The van der Waals surface area contributed by atoms with Gasteiger partial charge in [0.25, 0.3) is 0 Å². The quantitative estimate of drug-likeness (QED) is 0.711. The number of aromatic nitrogens is 3. The number of thioether (sulfide) groups is 1. The minimum atomic E-state index is 0.799. The van der Waals surface area contributed by atoms with Crippen LogP contribution in [0.15, 0.2) is 40.9 Å². The lowest BCUT2D eigenvalue weighted by molar-refractivity contribution is 0.956. The lowest BCUT2D eigenvalue weighted by Gasteiger charge is -1.99. The van der Waals surface area contributed by atoms with E-state index in [0.29, 0.717) is 0 Å². The first-order valence-corrected chi connectivity index (χ1v) is 8.70. The molecule has 0 unspecified atom stereocenters. The number of nitrogens with one attached hydrogen (secondary N) is 1. The number of thiophene rings is 1. The Labute approximate surface area is 132 Å². The summed E-state index contributed by atoms with van der Waals surface area (Å²) in [5.74, 6) is 1.86. The first-order valence-electron chi connectivity index (χ1n) is 6.83. The number of benzene rings is 1. The van der Waals surface area contributed by atoms with Crippen LogP contribution in [-0.2, 0) is 12.2 Å². The maximum Gasteiger partial charge on any atom is 0.208 e. The molecule has 2 heterocycles. The predicted molar refractivity (Wildman–Crippen MR) is 89.0 cm³/mol. The molecule has 3 aromatic rings. The summed E-state index contributed by atoms with van der Waals surface area (Å²) in [5.41, 5.74) is 3.88. The summed E-state index contributed by atoms with van der Waals surface area (Å²) in [6.07, 6.45) is 0.799. The van der Waals surface area contributed by atoms with E-state index in [-0.39, 0.29) is 0 Å². The monoisotopic (exact) mass is 315 g/mol. The zero-order chi connectivity index (χ0) is 14.7. The van der Waals surface area contributed by atoms with Crippen molar-refractivity contribution in [2.24, 2.45) is 0 Å². The highest BCUT2D eigenvalue weighted by molar-refractivity contribution is 7.98. The number of rotatable bonds is 5. The molecule has 0 aliphatic rings. The van der Waals surface area contributed by atoms with Gasteiger partial charge in [-0.15, -0.1) is 16.4 Å². The van der Waals surface area contributed by atoms with Gasteiger partial charge in [-0.1, -0.05) is 41.6 Å². The molecule has 3 nitrogen and oxygen atoms in total. The summed E-state index contributed by atoms with van der Waals surface area (Å²) < 4.78 is 0. The van der Waals surface area contributed by atoms with E-state index >= 15 is 0 Å². The second-order valence-corrected chi connectivity index (χ2v) is 6.99. The third-order valence-corrected chi connectivity index (χ3v) is 5.35. The Bertz CT molecular complexity index is 730. The molecule has 108 valence electrons. The van der Waals surface area contributed by atoms with Crippen molar-refractivity contribution in [3.05, 3.63) is 63.1 Å². The van der Waals surface area contributed by atoms with Gasteiger partial charge in [0.15, 0.2) is 0 Å². The Kier molecular flexibility index (Phi) is 4.41. The molecule has 0 fully saturated rings. The van der Waals surface area contributed by atoms with Crippen molar-refractivity contribution >= 4 is 23.1 Å². The fourth-order valence-corrected chi connectivity index (χ4v) is 4.03. The molecule has 2 aromatic heterocycles. The molecule has 0 saturated heterocycles. The van der Waals surface area contributed by atoms with E-state index in [1.165, 1.54) is 21.6 Å². The van der Waals surface area contributed by atoms with Crippen LogP contribution in [0.25, 0.3) is 0 Å². The Morgan fingerprint density at radius 1 is 1.24 bits per heavy atom. The fraction of sp³-hybridized carbons (Fsp3) is 0.250. The van der Waals surface area contributed by atoms with E-state index in [9.17, 15) is 0 Å².